The molecule has 0 saturated heterocycles. The van der Waals surface area contributed by atoms with E-state index in [0.29, 0.717) is 4.90 Å². The van der Waals surface area contributed by atoms with Crippen LogP contribution in [0.15, 0.2) is 23.1 Å². The molecule has 2 aliphatic rings. The molecule has 1 heterocycles. The maximum atomic E-state index is 12.4. The maximum absolute atomic E-state index is 12.4. The van der Waals surface area contributed by atoms with E-state index in [2.05, 4.69) is 10.0 Å². The van der Waals surface area contributed by atoms with Gasteiger partial charge in [-0.25, -0.2) is 13.1 Å². The molecule has 1 aromatic rings. The van der Waals surface area contributed by atoms with Crippen LogP contribution in [0.4, 0.5) is 5.69 Å². The van der Waals surface area contributed by atoms with Gasteiger partial charge in [0.2, 0.25) is 10.0 Å². The van der Waals surface area contributed by atoms with Gasteiger partial charge in [0.1, 0.15) is 0 Å². The summed E-state index contributed by atoms with van der Waals surface area (Å²) in [6.45, 7) is 0.879. The standard InChI is InChI=1S/C14H20N2O3S/c1-19-12-3-2-11(9-12)16-20(17,18)13-4-5-14-10(8-13)6-7-15-14/h4-5,8,11-12,15-16H,2-3,6-7,9H2,1H3. The summed E-state index contributed by atoms with van der Waals surface area (Å²) in [7, 11) is -1.75. The third-order valence-corrected chi connectivity index (χ3v) is 5.65. The third kappa shape index (κ3) is 2.68. The minimum Gasteiger partial charge on any atom is -0.384 e. The van der Waals surface area contributed by atoms with E-state index in [1.807, 2.05) is 6.07 Å². The first kappa shape index (κ1) is 13.9. The number of nitrogens with one attached hydrogen (secondary N) is 2. The fourth-order valence-corrected chi connectivity index (χ4v) is 4.33. The normalized spacial score (nSPS) is 25.4. The van der Waals surface area contributed by atoms with E-state index in [1.54, 1.807) is 19.2 Å². The zero-order chi connectivity index (χ0) is 14.2. The number of sulfonamides is 1. The largest absolute Gasteiger partial charge is 0.384 e. The minimum atomic E-state index is -3.43. The first-order valence-electron chi connectivity index (χ1n) is 7.00. The summed E-state index contributed by atoms with van der Waals surface area (Å²) in [6.07, 6.45) is 3.56. The fourth-order valence-electron chi connectivity index (χ4n) is 3.00. The Balaban J connectivity index is 1.75. The Bertz CT molecular complexity index is 600. The zero-order valence-corrected chi connectivity index (χ0v) is 12.4. The summed E-state index contributed by atoms with van der Waals surface area (Å²) < 4.78 is 32.9. The molecule has 0 bridgehead atoms. The van der Waals surface area contributed by atoms with Gasteiger partial charge in [0.25, 0.3) is 0 Å². The quantitative estimate of drug-likeness (QED) is 0.883. The van der Waals surface area contributed by atoms with Crippen LogP contribution in [0.2, 0.25) is 0 Å². The second kappa shape index (κ2) is 5.35. The molecule has 0 aromatic heterocycles. The van der Waals surface area contributed by atoms with Gasteiger partial charge >= 0.3 is 0 Å². The van der Waals surface area contributed by atoms with Crippen molar-refractivity contribution < 1.29 is 13.2 Å². The van der Waals surface area contributed by atoms with Crippen molar-refractivity contribution in [3.05, 3.63) is 23.8 Å². The Morgan fingerprint density at radius 3 is 2.95 bits per heavy atom. The van der Waals surface area contributed by atoms with Gasteiger partial charge in [0, 0.05) is 25.4 Å². The Hall–Kier alpha value is -1.11. The molecule has 2 unspecified atom stereocenters. The minimum absolute atomic E-state index is 0.0173. The number of hydrogen-bond donors (Lipinski definition) is 2. The predicted octanol–water partition coefficient (Wildman–Crippen LogP) is 1.50. The van der Waals surface area contributed by atoms with E-state index in [9.17, 15) is 8.42 Å². The van der Waals surface area contributed by atoms with Crippen LogP contribution in [0.3, 0.4) is 0 Å². The summed E-state index contributed by atoms with van der Waals surface area (Å²) in [6, 6.07) is 5.28. The second-order valence-corrected chi connectivity index (χ2v) is 7.20. The molecule has 5 nitrogen and oxygen atoms in total. The molecule has 0 radical (unpaired) electrons. The first-order valence-corrected chi connectivity index (χ1v) is 8.49. The number of benzene rings is 1. The number of ether oxygens (including phenoxy) is 1. The van der Waals surface area contributed by atoms with Crippen molar-refractivity contribution in [3.63, 3.8) is 0 Å². The molecule has 1 saturated carbocycles. The molecule has 20 heavy (non-hydrogen) atoms. The van der Waals surface area contributed by atoms with Crippen LogP contribution in [0.5, 0.6) is 0 Å². The Labute approximate surface area is 119 Å². The highest BCUT2D eigenvalue weighted by Gasteiger charge is 2.29. The van der Waals surface area contributed by atoms with Crippen molar-refractivity contribution in [3.8, 4) is 0 Å². The Kier molecular flexibility index (Phi) is 3.70. The van der Waals surface area contributed by atoms with Crippen molar-refractivity contribution in [2.45, 2.75) is 42.7 Å². The SMILES string of the molecule is COC1CCC(NS(=O)(=O)c2ccc3c(c2)CCN3)C1. The average Bonchev–Trinajstić information content (AvgIpc) is 3.05. The van der Waals surface area contributed by atoms with E-state index < -0.39 is 10.0 Å². The molecular formula is C14H20N2O3S. The van der Waals surface area contributed by atoms with Crippen LogP contribution in [0, 0.1) is 0 Å². The van der Waals surface area contributed by atoms with Crippen molar-refractivity contribution in [2.75, 3.05) is 19.0 Å². The van der Waals surface area contributed by atoms with Crippen molar-refractivity contribution in [2.24, 2.45) is 0 Å². The monoisotopic (exact) mass is 296 g/mol. The molecule has 1 aromatic carbocycles. The van der Waals surface area contributed by atoms with Crippen LogP contribution in [0.25, 0.3) is 0 Å². The topological polar surface area (TPSA) is 67.4 Å². The number of rotatable bonds is 4. The van der Waals surface area contributed by atoms with Gasteiger partial charge in [-0.3, -0.25) is 0 Å². The van der Waals surface area contributed by atoms with Crippen LogP contribution in [-0.4, -0.2) is 34.2 Å². The number of hydrogen-bond acceptors (Lipinski definition) is 4. The summed E-state index contributed by atoms with van der Waals surface area (Å²) in [5.41, 5.74) is 2.12. The van der Waals surface area contributed by atoms with Gasteiger partial charge in [-0.15, -0.1) is 0 Å². The van der Waals surface area contributed by atoms with E-state index in [-0.39, 0.29) is 12.1 Å². The molecule has 3 rings (SSSR count). The summed E-state index contributed by atoms with van der Waals surface area (Å²) >= 11 is 0. The van der Waals surface area contributed by atoms with E-state index in [1.165, 1.54) is 0 Å². The third-order valence-electron chi connectivity index (χ3n) is 4.14. The van der Waals surface area contributed by atoms with Crippen molar-refractivity contribution in [1.29, 1.82) is 0 Å². The fraction of sp³-hybridized carbons (Fsp3) is 0.571. The van der Waals surface area contributed by atoms with Crippen molar-refractivity contribution >= 4 is 15.7 Å². The zero-order valence-electron chi connectivity index (χ0n) is 11.6. The first-order chi connectivity index (χ1) is 9.58. The van der Waals surface area contributed by atoms with Crippen LogP contribution < -0.4 is 10.0 Å². The molecule has 1 fully saturated rings. The Morgan fingerprint density at radius 1 is 1.35 bits per heavy atom. The molecule has 2 N–H and O–H groups in total. The van der Waals surface area contributed by atoms with Gasteiger partial charge in [0.15, 0.2) is 0 Å². The second-order valence-electron chi connectivity index (χ2n) is 5.48. The van der Waals surface area contributed by atoms with Gasteiger partial charge in [-0.1, -0.05) is 0 Å². The predicted molar refractivity (Wildman–Crippen MR) is 77.4 cm³/mol. The highest BCUT2D eigenvalue weighted by molar-refractivity contribution is 7.89. The summed E-state index contributed by atoms with van der Waals surface area (Å²) in [5.74, 6) is 0. The highest BCUT2D eigenvalue weighted by Crippen LogP contribution is 2.27. The van der Waals surface area contributed by atoms with E-state index in [0.717, 1.165) is 43.5 Å². The molecular weight excluding hydrogens is 276 g/mol. The maximum Gasteiger partial charge on any atom is 0.240 e. The summed E-state index contributed by atoms with van der Waals surface area (Å²) in [4.78, 5) is 0.362. The molecule has 1 aliphatic carbocycles. The highest BCUT2D eigenvalue weighted by atomic mass is 32.2. The smallest absolute Gasteiger partial charge is 0.240 e. The van der Waals surface area contributed by atoms with Gasteiger partial charge in [-0.05, 0) is 49.4 Å². The molecule has 2 atom stereocenters. The number of anilines is 1. The molecule has 110 valence electrons. The lowest BCUT2D eigenvalue weighted by Gasteiger charge is -2.14. The lowest BCUT2D eigenvalue weighted by Crippen LogP contribution is -2.33. The summed E-state index contributed by atoms with van der Waals surface area (Å²) in [5, 5.41) is 3.23. The van der Waals surface area contributed by atoms with E-state index >= 15 is 0 Å². The lowest BCUT2D eigenvalue weighted by atomic mass is 10.2. The average molecular weight is 296 g/mol. The van der Waals surface area contributed by atoms with Crippen LogP contribution in [-0.2, 0) is 21.2 Å². The van der Waals surface area contributed by atoms with Gasteiger partial charge in [-0.2, -0.15) is 0 Å². The molecule has 6 heteroatoms. The lowest BCUT2D eigenvalue weighted by molar-refractivity contribution is 0.107. The number of methoxy groups -OCH3 is 1. The molecule has 0 spiro atoms. The Morgan fingerprint density at radius 2 is 2.20 bits per heavy atom. The molecule has 0 amide bonds. The van der Waals surface area contributed by atoms with Crippen molar-refractivity contribution in [1.82, 2.24) is 4.72 Å². The van der Waals surface area contributed by atoms with Crippen LogP contribution >= 0.6 is 0 Å². The molecule has 1 aliphatic heterocycles. The van der Waals surface area contributed by atoms with E-state index in [4.69, 9.17) is 4.74 Å². The van der Waals surface area contributed by atoms with Crippen LogP contribution in [0.1, 0.15) is 24.8 Å². The van der Waals surface area contributed by atoms with Gasteiger partial charge < -0.3 is 10.1 Å². The van der Waals surface area contributed by atoms with Gasteiger partial charge in [0.05, 0.1) is 11.0 Å². The number of fused-ring (bicyclic) bond motifs is 1.